The number of nitrogens with one attached hydrogen (secondary N) is 1. The number of amides is 1. The van der Waals surface area contributed by atoms with Gasteiger partial charge in [0.25, 0.3) is 5.91 Å². The van der Waals surface area contributed by atoms with E-state index >= 15 is 0 Å². The molecule has 0 fully saturated rings. The van der Waals surface area contributed by atoms with Crippen molar-refractivity contribution in [1.82, 2.24) is 0 Å². The lowest BCUT2D eigenvalue weighted by Crippen LogP contribution is -2.14. The lowest BCUT2D eigenvalue weighted by atomic mass is 9.93. The summed E-state index contributed by atoms with van der Waals surface area (Å²) in [6.45, 7) is 0. The maximum Gasteiger partial charge on any atom is 0.256 e. The molecule has 0 unspecified atom stereocenters. The first-order valence-corrected chi connectivity index (χ1v) is 10.4. The Balaban J connectivity index is 1.72. The summed E-state index contributed by atoms with van der Waals surface area (Å²) in [5, 5.41) is 14.5. The van der Waals surface area contributed by atoms with E-state index < -0.39 is 0 Å². The molecule has 0 spiro atoms. The minimum atomic E-state index is -0.300. The molecule has 0 bridgehead atoms. The first-order chi connectivity index (χ1) is 13.2. The number of anilines is 1. The molecule has 1 aliphatic rings. The minimum Gasteiger partial charge on any atom is -0.313 e. The largest absolute Gasteiger partial charge is 0.313 e. The van der Waals surface area contributed by atoms with Crippen LogP contribution in [0, 0.1) is 11.3 Å². The highest BCUT2D eigenvalue weighted by atomic mass is 32.1. The molecule has 27 heavy (non-hydrogen) atoms. The van der Waals surface area contributed by atoms with Crippen LogP contribution in [0.2, 0.25) is 0 Å². The first kappa shape index (κ1) is 17.7. The van der Waals surface area contributed by atoms with E-state index in [0.29, 0.717) is 26.6 Å². The molecule has 4 rings (SSSR count). The number of nitrogens with zero attached hydrogens (tertiary/aromatic N) is 1. The molecule has 1 aromatic carbocycles. The SMILES string of the molecule is N#Cc1cccc(C(=O)Nc2sc3c(c2C(=O)c2cccs2)CCCC3)c1. The molecule has 0 aliphatic heterocycles. The van der Waals surface area contributed by atoms with Gasteiger partial charge in [0.15, 0.2) is 0 Å². The zero-order valence-electron chi connectivity index (χ0n) is 14.5. The summed E-state index contributed by atoms with van der Waals surface area (Å²) in [7, 11) is 0. The zero-order chi connectivity index (χ0) is 18.8. The number of carbonyl (C=O) groups excluding carboxylic acids is 2. The molecule has 1 amide bonds. The summed E-state index contributed by atoms with van der Waals surface area (Å²) in [5.41, 5.74) is 2.57. The van der Waals surface area contributed by atoms with Gasteiger partial charge in [0.05, 0.1) is 22.1 Å². The molecule has 0 radical (unpaired) electrons. The number of fused-ring (bicyclic) bond motifs is 1. The Kier molecular flexibility index (Phi) is 4.88. The lowest BCUT2D eigenvalue weighted by molar-refractivity contribution is 0.102. The number of thiophene rings is 2. The van der Waals surface area contributed by atoms with Crippen LogP contribution in [-0.4, -0.2) is 11.7 Å². The molecule has 0 saturated heterocycles. The van der Waals surface area contributed by atoms with E-state index in [9.17, 15) is 9.59 Å². The van der Waals surface area contributed by atoms with Gasteiger partial charge in [0.1, 0.15) is 5.00 Å². The van der Waals surface area contributed by atoms with E-state index in [1.54, 1.807) is 24.3 Å². The van der Waals surface area contributed by atoms with Gasteiger partial charge in [-0.1, -0.05) is 12.1 Å². The second-order valence-corrected chi connectivity index (χ2v) is 8.42. The molecular formula is C21H16N2O2S2. The molecule has 134 valence electrons. The molecule has 1 aliphatic carbocycles. The fourth-order valence-corrected chi connectivity index (χ4v) is 5.28. The van der Waals surface area contributed by atoms with Crippen LogP contribution >= 0.6 is 22.7 Å². The molecule has 3 aromatic rings. The van der Waals surface area contributed by atoms with E-state index in [0.717, 1.165) is 31.2 Å². The number of rotatable bonds is 4. The summed E-state index contributed by atoms with van der Waals surface area (Å²) in [5.74, 6) is -0.323. The van der Waals surface area contributed by atoms with Crippen LogP contribution in [0.1, 0.15) is 54.4 Å². The molecule has 2 heterocycles. The summed E-state index contributed by atoms with van der Waals surface area (Å²) >= 11 is 2.92. The molecule has 1 N–H and O–H groups in total. The highest BCUT2D eigenvalue weighted by molar-refractivity contribution is 7.17. The summed E-state index contributed by atoms with van der Waals surface area (Å²) in [4.78, 5) is 27.7. The van der Waals surface area contributed by atoms with Gasteiger partial charge in [0.2, 0.25) is 5.78 Å². The van der Waals surface area contributed by atoms with Gasteiger partial charge < -0.3 is 5.32 Å². The van der Waals surface area contributed by atoms with Crippen LogP contribution in [0.4, 0.5) is 5.00 Å². The number of carbonyl (C=O) groups is 2. The van der Waals surface area contributed by atoms with Crippen LogP contribution in [-0.2, 0) is 12.8 Å². The third-order valence-corrected chi connectivity index (χ3v) is 6.70. The van der Waals surface area contributed by atoms with E-state index in [4.69, 9.17) is 5.26 Å². The van der Waals surface area contributed by atoms with Crippen molar-refractivity contribution < 1.29 is 9.59 Å². The van der Waals surface area contributed by atoms with Gasteiger partial charge in [-0.2, -0.15) is 5.26 Å². The van der Waals surface area contributed by atoms with Crippen molar-refractivity contribution >= 4 is 39.4 Å². The number of nitriles is 1. The lowest BCUT2D eigenvalue weighted by Gasteiger charge is -2.12. The maximum atomic E-state index is 13.1. The second-order valence-electron chi connectivity index (χ2n) is 6.37. The van der Waals surface area contributed by atoms with Crippen LogP contribution in [0.5, 0.6) is 0 Å². The van der Waals surface area contributed by atoms with Gasteiger partial charge in [-0.05, 0) is 60.9 Å². The van der Waals surface area contributed by atoms with Crippen molar-refractivity contribution in [1.29, 1.82) is 5.26 Å². The van der Waals surface area contributed by atoms with Crippen molar-refractivity contribution in [2.24, 2.45) is 0 Å². The van der Waals surface area contributed by atoms with Gasteiger partial charge in [-0.15, -0.1) is 22.7 Å². The number of aryl methyl sites for hydroxylation is 1. The Morgan fingerprint density at radius 3 is 2.74 bits per heavy atom. The molecule has 4 nitrogen and oxygen atoms in total. The van der Waals surface area contributed by atoms with E-state index in [1.807, 2.05) is 23.6 Å². The average molecular weight is 393 g/mol. The van der Waals surface area contributed by atoms with Crippen molar-refractivity contribution in [3.8, 4) is 6.07 Å². The molecule has 0 saturated carbocycles. The number of hydrogen-bond donors (Lipinski definition) is 1. The fraction of sp³-hybridized carbons (Fsp3) is 0.190. The average Bonchev–Trinajstić information content (AvgIpc) is 3.35. The van der Waals surface area contributed by atoms with Crippen LogP contribution < -0.4 is 5.32 Å². The molecular weight excluding hydrogens is 376 g/mol. The monoisotopic (exact) mass is 392 g/mol. The zero-order valence-corrected chi connectivity index (χ0v) is 16.1. The quantitative estimate of drug-likeness (QED) is 0.632. The first-order valence-electron chi connectivity index (χ1n) is 8.71. The highest BCUT2D eigenvalue weighted by Gasteiger charge is 2.27. The smallest absolute Gasteiger partial charge is 0.256 e. The van der Waals surface area contributed by atoms with Gasteiger partial charge in [0, 0.05) is 10.4 Å². The Hall–Kier alpha value is -2.75. The van der Waals surface area contributed by atoms with Crippen LogP contribution in [0.25, 0.3) is 0 Å². The summed E-state index contributed by atoms with van der Waals surface area (Å²) < 4.78 is 0. The number of hydrogen-bond acceptors (Lipinski definition) is 5. The predicted molar refractivity (Wildman–Crippen MR) is 108 cm³/mol. The Labute approximate surface area is 165 Å². The summed E-state index contributed by atoms with van der Waals surface area (Å²) in [6.07, 6.45) is 3.99. The van der Waals surface area contributed by atoms with Crippen LogP contribution in [0.3, 0.4) is 0 Å². The topological polar surface area (TPSA) is 70.0 Å². The van der Waals surface area contributed by atoms with E-state index in [1.165, 1.54) is 27.6 Å². The van der Waals surface area contributed by atoms with Crippen molar-refractivity contribution in [3.05, 3.63) is 73.8 Å². The number of ketones is 1. The van der Waals surface area contributed by atoms with Crippen molar-refractivity contribution in [3.63, 3.8) is 0 Å². The molecule has 6 heteroatoms. The Morgan fingerprint density at radius 2 is 1.96 bits per heavy atom. The third kappa shape index (κ3) is 3.44. The fourth-order valence-electron chi connectivity index (χ4n) is 3.33. The minimum absolute atomic E-state index is 0.0227. The second kappa shape index (κ2) is 7.47. The molecule has 0 atom stereocenters. The van der Waals surface area contributed by atoms with Gasteiger partial charge in [-0.3, -0.25) is 9.59 Å². The summed E-state index contributed by atoms with van der Waals surface area (Å²) in [6, 6.07) is 12.3. The third-order valence-electron chi connectivity index (χ3n) is 4.62. The highest BCUT2D eigenvalue weighted by Crippen LogP contribution is 2.40. The van der Waals surface area contributed by atoms with Gasteiger partial charge >= 0.3 is 0 Å². The Morgan fingerprint density at radius 1 is 1.11 bits per heavy atom. The predicted octanol–water partition coefficient (Wildman–Crippen LogP) is 5.04. The Bertz CT molecular complexity index is 1060. The van der Waals surface area contributed by atoms with Crippen molar-refractivity contribution in [2.45, 2.75) is 25.7 Å². The normalized spacial score (nSPS) is 12.9. The van der Waals surface area contributed by atoms with Crippen molar-refractivity contribution in [2.75, 3.05) is 5.32 Å². The standard InChI is InChI=1S/C21H16N2O2S2/c22-12-13-5-3-6-14(11-13)20(25)23-21-18(19(24)17-9-4-10-26-17)15-7-1-2-8-16(15)27-21/h3-6,9-11H,1-2,7-8H2,(H,23,25). The maximum absolute atomic E-state index is 13.1. The van der Waals surface area contributed by atoms with Crippen LogP contribution in [0.15, 0.2) is 41.8 Å². The molecule has 2 aromatic heterocycles. The van der Waals surface area contributed by atoms with E-state index in [2.05, 4.69) is 5.32 Å². The number of benzene rings is 1. The van der Waals surface area contributed by atoms with E-state index in [-0.39, 0.29) is 11.7 Å². The van der Waals surface area contributed by atoms with Gasteiger partial charge in [-0.25, -0.2) is 0 Å².